The van der Waals surface area contributed by atoms with E-state index in [1.54, 1.807) is 11.3 Å². The number of amidine groups is 1. The van der Waals surface area contributed by atoms with Gasteiger partial charge >= 0.3 is 0 Å². The predicted octanol–water partition coefficient (Wildman–Crippen LogP) is 1.61. The summed E-state index contributed by atoms with van der Waals surface area (Å²) in [6.45, 7) is 4.92. The Labute approximate surface area is 135 Å². The maximum Gasteiger partial charge on any atom is 0.272 e. The Morgan fingerprint density at radius 3 is 2.68 bits per heavy atom. The molecule has 6 N–H and O–H groups in total. The largest absolute Gasteiger partial charge is 0.491 e. The van der Waals surface area contributed by atoms with Crippen molar-refractivity contribution in [2.24, 2.45) is 11.7 Å². The van der Waals surface area contributed by atoms with Gasteiger partial charge in [0, 0.05) is 6.42 Å². The van der Waals surface area contributed by atoms with Crippen molar-refractivity contribution in [1.82, 2.24) is 0 Å². The lowest BCUT2D eigenvalue weighted by Gasteiger charge is -2.14. The van der Waals surface area contributed by atoms with Gasteiger partial charge in [-0.15, -0.1) is 0 Å². The van der Waals surface area contributed by atoms with E-state index in [4.69, 9.17) is 21.6 Å². The third-order valence-corrected chi connectivity index (χ3v) is 4.12. The summed E-state index contributed by atoms with van der Waals surface area (Å²) in [5.74, 6) is 1.43. The number of thiophene rings is 1. The second-order valence-corrected chi connectivity index (χ2v) is 6.62. The van der Waals surface area contributed by atoms with E-state index in [0.717, 1.165) is 18.4 Å². The van der Waals surface area contributed by atoms with Crippen molar-refractivity contribution < 1.29 is 10.1 Å². The van der Waals surface area contributed by atoms with E-state index in [9.17, 15) is 0 Å². The molecule has 1 aromatic carbocycles. The van der Waals surface area contributed by atoms with Crippen LogP contribution in [0.1, 0.15) is 30.5 Å². The van der Waals surface area contributed by atoms with Crippen LogP contribution < -0.4 is 21.6 Å². The molecule has 0 aliphatic rings. The number of anilines is 1. The van der Waals surface area contributed by atoms with Gasteiger partial charge in [0.1, 0.15) is 5.75 Å². The minimum atomic E-state index is 0.228. The van der Waals surface area contributed by atoms with Crippen LogP contribution in [0.3, 0.4) is 0 Å². The molecule has 0 fully saturated rings. The Hall–Kier alpha value is -2.01. The van der Waals surface area contributed by atoms with Crippen LogP contribution in [0.15, 0.2) is 29.0 Å². The first kappa shape index (κ1) is 16.4. The molecule has 0 aliphatic carbocycles. The molecular formula is C17H24N3OS+. The molecule has 118 valence electrons. The molecule has 0 unspecified atom stereocenters. The summed E-state index contributed by atoms with van der Waals surface area (Å²) in [6.07, 6.45) is 1.79. The first-order chi connectivity index (χ1) is 10.5. The number of nitrogens with two attached hydrogens (primary N) is 3. The number of nitrogen functional groups attached to an aromatic ring is 1. The first-order valence-electron chi connectivity index (χ1n) is 7.42. The van der Waals surface area contributed by atoms with E-state index in [1.165, 1.54) is 5.56 Å². The van der Waals surface area contributed by atoms with E-state index in [0.29, 0.717) is 29.5 Å². The molecule has 4 nitrogen and oxygen atoms in total. The van der Waals surface area contributed by atoms with Crippen LogP contribution >= 0.6 is 11.3 Å². The number of rotatable bonds is 7. The van der Waals surface area contributed by atoms with E-state index in [2.05, 4.69) is 30.7 Å². The summed E-state index contributed by atoms with van der Waals surface area (Å²) in [5.41, 5.74) is 15.5. The van der Waals surface area contributed by atoms with Gasteiger partial charge in [-0.25, -0.2) is 0 Å². The van der Waals surface area contributed by atoms with Gasteiger partial charge in [0.15, 0.2) is 0 Å². The average molecular weight is 318 g/mol. The molecule has 0 saturated carbocycles. The Kier molecular flexibility index (Phi) is 5.44. The van der Waals surface area contributed by atoms with E-state index >= 15 is 0 Å². The highest BCUT2D eigenvalue weighted by atomic mass is 32.1. The molecule has 0 radical (unpaired) electrons. The summed E-state index contributed by atoms with van der Waals surface area (Å²) >= 11 is 1.69. The Morgan fingerprint density at radius 1 is 1.32 bits per heavy atom. The molecular weight excluding hydrogens is 294 g/mol. The number of benzene rings is 1. The van der Waals surface area contributed by atoms with Crippen molar-refractivity contribution in [3.05, 3.63) is 45.6 Å². The van der Waals surface area contributed by atoms with Crippen molar-refractivity contribution in [3.63, 3.8) is 0 Å². The fourth-order valence-corrected chi connectivity index (χ4v) is 3.05. The van der Waals surface area contributed by atoms with Crippen LogP contribution in [0.4, 0.5) is 5.69 Å². The molecule has 22 heavy (non-hydrogen) atoms. The van der Waals surface area contributed by atoms with Gasteiger partial charge in [-0.3, -0.25) is 11.1 Å². The highest BCUT2D eigenvalue weighted by molar-refractivity contribution is 7.07. The van der Waals surface area contributed by atoms with Crippen molar-refractivity contribution >= 4 is 22.9 Å². The van der Waals surface area contributed by atoms with Gasteiger partial charge in [-0.1, -0.05) is 13.8 Å². The number of hydrogen-bond donors (Lipinski definition) is 3. The van der Waals surface area contributed by atoms with Crippen LogP contribution in [-0.2, 0) is 12.8 Å². The van der Waals surface area contributed by atoms with Crippen molar-refractivity contribution in [2.45, 2.75) is 26.7 Å². The summed E-state index contributed by atoms with van der Waals surface area (Å²) in [5, 5.41) is 9.94. The quantitative estimate of drug-likeness (QED) is 0.412. The molecule has 0 atom stereocenters. The number of hydrogen-bond acceptors (Lipinski definition) is 3. The molecule has 2 rings (SSSR count). The summed E-state index contributed by atoms with van der Waals surface area (Å²) in [7, 11) is 0. The molecule has 2 aromatic rings. The highest BCUT2D eigenvalue weighted by Crippen LogP contribution is 2.28. The van der Waals surface area contributed by atoms with Crippen molar-refractivity contribution in [2.75, 3.05) is 12.3 Å². The zero-order valence-corrected chi connectivity index (χ0v) is 14.0. The molecule has 0 saturated heterocycles. The number of ether oxygens (including phenoxy) is 1. The molecule has 0 spiro atoms. The smallest absolute Gasteiger partial charge is 0.272 e. The first-order valence-corrected chi connectivity index (χ1v) is 8.36. The summed E-state index contributed by atoms with van der Waals surface area (Å²) in [6, 6.07) is 6.05. The minimum Gasteiger partial charge on any atom is -0.491 e. The normalized spacial score (nSPS) is 10.9. The molecule has 1 aromatic heterocycles. The Bertz CT molecular complexity index is 636. The van der Waals surface area contributed by atoms with Gasteiger partial charge in [-0.05, 0) is 52.4 Å². The predicted molar refractivity (Wildman–Crippen MR) is 93.1 cm³/mol. The van der Waals surface area contributed by atoms with Crippen LogP contribution in [0.5, 0.6) is 5.75 Å². The zero-order valence-electron chi connectivity index (χ0n) is 13.1. The lowest BCUT2D eigenvalue weighted by Crippen LogP contribution is -2.46. The third kappa shape index (κ3) is 4.24. The summed E-state index contributed by atoms with van der Waals surface area (Å²) < 4.78 is 5.88. The topological polar surface area (TPSA) is 86.9 Å². The van der Waals surface area contributed by atoms with Crippen LogP contribution in [0, 0.1) is 5.92 Å². The van der Waals surface area contributed by atoms with Crippen molar-refractivity contribution in [1.29, 1.82) is 0 Å². The van der Waals surface area contributed by atoms with Crippen molar-refractivity contribution in [3.8, 4) is 5.75 Å². The van der Waals surface area contributed by atoms with E-state index in [1.807, 2.05) is 12.1 Å². The maximum atomic E-state index is 6.14. The second kappa shape index (κ2) is 7.31. The van der Waals surface area contributed by atoms with Gasteiger partial charge in [-0.2, -0.15) is 11.3 Å². The van der Waals surface area contributed by atoms with E-state index in [-0.39, 0.29) is 5.84 Å². The third-order valence-electron chi connectivity index (χ3n) is 3.39. The standard InChI is InChI=1S/C17H23N3OS/c1-11(2)7-13-8-14(17(19)20)16(18)15(9-13)21-5-3-12-4-6-22-10-12/h4,6,8-11H,3,5,7,18H2,1-2H3,(H3,19,20)/p+1. The average Bonchev–Trinajstić information content (AvgIpc) is 2.94. The lowest BCUT2D eigenvalue weighted by molar-refractivity contribution is -0.114. The fraction of sp³-hybridized carbons (Fsp3) is 0.353. The van der Waals surface area contributed by atoms with Crippen LogP contribution in [0.25, 0.3) is 0 Å². The second-order valence-electron chi connectivity index (χ2n) is 5.84. The fourth-order valence-electron chi connectivity index (χ4n) is 2.34. The van der Waals surface area contributed by atoms with Crippen LogP contribution in [0.2, 0.25) is 0 Å². The lowest BCUT2D eigenvalue weighted by atomic mass is 9.99. The molecule has 0 bridgehead atoms. The molecule has 1 heterocycles. The maximum absolute atomic E-state index is 6.14. The molecule has 0 aliphatic heterocycles. The molecule has 5 heteroatoms. The monoisotopic (exact) mass is 318 g/mol. The summed E-state index contributed by atoms with van der Waals surface area (Å²) in [4.78, 5) is 0. The van der Waals surface area contributed by atoms with Gasteiger partial charge < -0.3 is 10.5 Å². The van der Waals surface area contributed by atoms with Crippen LogP contribution in [-0.4, -0.2) is 12.4 Å². The SMILES string of the molecule is CC(C)Cc1cc(OCCc2ccsc2)c(N)c(C(N)=[NH2+])c1. The highest BCUT2D eigenvalue weighted by Gasteiger charge is 2.15. The zero-order chi connectivity index (χ0) is 16.1. The Morgan fingerprint density at radius 2 is 2.09 bits per heavy atom. The minimum absolute atomic E-state index is 0.228. The van der Waals surface area contributed by atoms with Gasteiger partial charge in [0.2, 0.25) is 0 Å². The molecule has 0 amide bonds. The van der Waals surface area contributed by atoms with Gasteiger partial charge in [0.05, 0.1) is 17.9 Å². The Balaban J connectivity index is 2.16. The van der Waals surface area contributed by atoms with Gasteiger partial charge in [0.25, 0.3) is 5.84 Å². The van der Waals surface area contributed by atoms with E-state index < -0.39 is 0 Å².